The molecule has 0 aromatic heterocycles. The van der Waals surface area contributed by atoms with E-state index in [2.05, 4.69) is 5.32 Å². The summed E-state index contributed by atoms with van der Waals surface area (Å²) in [5, 5.41) is 36.5. The molecular formula is C38H37N5O7. The zero-order valence-electron chi connectivity index (χ0n) is 27.4. The highest BCUT2D eigenvalue weighted by molar-refractivity contribution is 6.07. The summed E-state index contributed by atoms with van der Waals surface area (Å²) in [6.45, 7) is 1.86. The monoisotopic (exact) mass is 675 g/mol. The number of amides is 3. The Balaban J connectivity index is 1.18. The standard InChI is InChI=1S/C38H37N5O7/c1-24(5-4-8-35(45)41-22-28-7-3-2-6-27(28)19-32(41)23-44)38(48)33-20-31(43(49)50)17-18-34(33)42(37(38)47)21-25-9-15-30(16-10-25)40-36(46)26-11-13-29(39)14-12-26/h2-7,9-18,20,24,32,44,48H,8,19,21-23,39H2,1H3,(H,40,46)/b5-4+/t24-,32-,38+/m0/s1. The number of nitrogen functional groups attached to an aromatic ring is 1. The number of aliphatic hydroxyl groups excluding tert-OH is 1. The first-order valence-corrected chi connectivity index (χ1v) is 16.2. The molecule has 5 N–H and O–H groups in total. The summed E-state index contributed by atoms with van der Waals surface area (Å²) in [6, 6.07) is 24.8. The number of rotatable bonds is 10. The molecular weight excluding hydrogens is 638 g/mol. The summed E-state index contributed by atoms with van der Waals surface area (Å²) in [6.07, 6.45) is 3.68. The van der Waals surface area contributed by atoms with Crippen LogP contribution in [0.1, 0.15) is 46.0 Å². The first-order valence-electron chi connectivity index (χ1n) is 16.2. The number of carbonyl (C=O) groups is 3. The Morgan fingerprint density at radius 3 is 2.44 bits per heavy atom. The predicted molar refractivity (Wildman–Crippen MR) is 188 cm³/mol. The highest BCUT2D eigenvalue weighted by Gasteiger charge is 2.53. The zero-order chi connectivity index (χ0) is 35.6. The molecule has 0 aliphatic carbocycles. The maximum Gasteiger partial charge on any atom is 0.269 e. The van der Waals surface area contributed by atoms with Gasteiger partial charge in [-0.05, 0) is 65.6 Å². The van der Waals surface area contributed by atoms with Gasteiger partial charge in [0, 0.05) is 53.5 Å². The molecule has 0 saturated heterocycles. The van der Waals surface area contributed by atoms with E-state index in [1.807, 2.05) is 24.3 Å². The Morgan fingerprint density at radius 2 is 1.76 bits per heavy atom. The Bertz CT molecular complexity index is 1980. The molecule has 3 amide bonds. The fraction of sp³-hybridized carbons (Fsp3) is 0.237. The van der Waals surface area contributed by atoms with Gasteiger partial charge in [0.2, 0.25) is 5.91 Å². The quantitative estimate of drug-likeness (QED) is 0.0809. The highest BCUT2D eigenvalue weighted by atomic mass is 16.6. The number of nitrogens with one attached hydrogen (secondary N) is 1. The summed E-state index contributed by atoms with van der Waals surface area (Å²) < 4.78 is 0. The van der Waals surface area contributed by atoms with Gasteiger partial charge in [-0.25, -0.2) is 0 Å². The number of aliphatic hydroxyl groups is 2. The number of nitro groups is 1. The van der Waals surface area contributed by atoms with Gasteiger partial charge in [-0.3, -0.25) is 24.5 Å². The van der Waals surface area contributed by atoms with Gasteiger partial charge < -0.3 is 31.1 Å². The topological polar surface area (TPSA) is 179 Å². The van der Waals surface area contributed by atoms with Gasteiger partial charge in [0.15, 0.2) is 5.60 Å². The van der Waals surface area contributed by atoms with Crippen molar-refractivity contribution in [1.29, 1.82) is 0 Å². The van der Waals surface area contributed by atoms with E-state index in [4.69, 9.17) is 5.73 Å². The highest BCUT2D eigenvalue weighted by Crippen LogP contribution is 2.47. The second-order valence-electron chi connectivity index (χ2n) is 12.6. The van der Waals surface area contributed by atoms with Crippen molar-refractivity contribution in [3.8, 4) is 0 Å². The molecule has 12 heteroatoms. The van der Waals surface area contributed by atoms with E-state index in [0.717, 1.165) is 11.1 Å². The lowest BCUT2D eigenvalue weighted by atomic mass is 9.82. The number of hydrogen-bond acceptors (Lipinski definition) is 8. The molecule has 3 atom stereocenters. The maximum absolute atomic E-state index is 14.1. The SMILES string of the molecule is C[C@@H](/C=C/CC(=O)N1Cc2ccccc2C[C@H]1CO)[C@]1(O)C(=O)N(Cc2ccc(NC(=O)c3ccc(N)cc3)cc2)c2ccc([N+](=O)[O-])cc21. The normalized spacial score (nSPS) is 18.9. The maximum atomic E-state index is 14.1. The second kappa shape index (κ2) is 13.9. The van der Waals surface area contributed by atoms with E-state index in [9.17, 15) is 34.7 Å². The van der Waals surface area contributed by atoms with Crippen molar-refractivity contribution in [3.63, 3.8) is 0 Å². The molecule has 2 aliphatic rings. The lowest BCUT2D eigenvalue weighted by molar-refractivity contribution is -0.385. The summed E-state index contributed by atoms with van der Waals surface area (Å²) in [5.74, 6) is -2.05. The third kappa shape index (κ3) is 6.58. The third-order valence-corrected chi connectivity index (χ3v) is 9.45. The summed E-state index contributed by atoms with van der Waals surface area (Å²) in [5.41, 5.74) is 8.03. The zero-order valence-corrected chi connectivity index (χ0v) is 27.4. The molecule has 2 aliphatic heterocycles. The van der Waals surface area contributed by atoms with Crippen LogP contribution in [0.15, 0.2) is 103 Å². The fourth-order valence-corrected chi connectivity index (χ4v) is 6.59. The van der Waals surface area contributed by atoms with Gasteiger partial charge in [-0.1, -0.05) is 55.5 Å². The molecule has 0 unspecified atom stereocenters. The molecule has 12 nitrogen and oxygen atoms in total. The Morgan fingerprint density at radius 1 is 1.06 bits per heavy atom. The van der Waals surface area contributed by atoms with Crippen molar-refractivity contribution >= 4 is 40.5 Å². The van der Waals surface area contributed by atoms with Crippen molar-refractivity contribution in [3.05, 3.63) is 141 Å². The first kappa shape index (κ1) is 34.0. The number of nitro benzene ring substituents is 1. The molecule has 50 heavy (non-hydrogen) atoms. The number of hydrogen-bond donors (Lipinski definition) is 4. The number of non-ortho nitro benzene ring substituents is 1. The van der Waals surface area contributed by atoms with Crippen molar-refractivity contribution in [1.82, 2.24) is 4.90 Å². The minimum absolute atomic E-state index is 0.0278. The Kier molecular flexibility index (Phi) is 9.49. The van der Waals surface area contributed by atoms with Crippen LogP contribution in [0.4, 0.5) is 22.7 Å². The Labute approximate surface area is 288 Å². The number of nitrogens with two attached hydrogens (primary N) is 1. The average molecular weight is 676 g/mol. The summed E-state index contributed by atoms with van der Waals surface area (Å²) >= 11 is 0. The van der Waals surface area contributed by atoms with Crippen LogP contribution in [0.3, 0.4) is 0 Å². The molecule has 0 bridgehead atoms. The van der Waals surface area contributed by atoms with Crippen molar-refractivity contribution in [2.24, 2.45) is 5.92 Å². The molecule has 0 spiro atoms. The summed E-state index contributed by atoms with van der Waals surface area (Å²) in [4.78, 5) is 54.1. The van der Waals surface area contributed by atoms with E-state index >= 15 is 0 Å². The van der Waals surface area contributed by atoms with Crippen LogP contribution in [0, 0.1) is 16.0 Å². The molecule has 4 aromatic rings. The van der Waals surface area contributed by atoms with E-state index in [0.29, 0.717) is 41.2 Å². The van der Waals surface area contributed by atoms with Gasteiger partial charge in [0.05, 0.1) is 29.8 Å². The molecule has 0 saturated carbocycles. The van der Waals surface area contributed by atoms with Crippen molar-refractivity contribution in [2.45, 2.75) is 44.5 Å². The third-order valence-electron chi connectivity index (χ3n) is 9.45. The number of benzene rings is 4. The van der Waals surface area contributed by atoms with Crippen LogP contribution in [0.25, 0.3) is 0 Å². The van der Waals surface area contributed by atoms with E-state index in [1.54, 1.807) is 72.5 Å². The van der Waals surface area contributed by atoms with Crippen LogP contribution < -0.4 is 16.0 Å². The number of anilines is 3. The van der Waals surface area contributed by atoms with Gasteiger partial charge in [0.1, 0.15) is 0 Å². The van der Waals surface area contributed by atoms with Gasteiger partial charge in [-0.15, -0.1) is 0 Å². The van der Waals surface area contributed by atoms with Crippen LogP contribution in [-0.4, -0.2) is 50.4 Å². The van der Waals surface area contributed by atoms with Crippen LogP contribution in [0.5, 0.6) is 0 Å². The van der Waals surface area contributed by atoms with E-state index in [1.165, 1.54) is 23.1 Å². The number of carbonyl (C=O) groups excluding carboxylic acids is 3. The van der Waals surface area contributed by atoms with Crippen LogP contribution >= 0.6 is 0 Å². The van der Waals surface area contributed by atoms with Gasteiger partial charge >= 0.3 is 0 Å². The van der Waals surface area contributed by atoms with Crippen molar-refractivity contribution in [2.75, 3.05) is 22.6 Å². The molecule has 6 rings (SSSR count). The molecule has 4 aromatic carbocycles. The first-order chi connectivity index (χ1) is 24.0. The largest absolute Gasteiger partial charge is 0.399 e. The van der Waals surface area contributed by atoms with Crippen molar-refractivity contribution < 1.29 is 29.5 Å². The summed E-state index contributed by atoms with van der Waals surface area (Å²) in [7, 11) is 0. The number of nitrogens with zero attached hydrogens (tertiary/aromatic N) is 3. The average Bonchev–Trinajstić information content (AvgIpc) is 3.33. The van der Waals surface area contributed by atoms with E-state index < -0.39 is 22.3 Å². The molecule has 256 valence electrons. The minimum atomic E-state index is -2.15. The van der Waals surface area contributed by atoms with Gasteiger partial charge in [0.25, 0.3) is 17.5 Å². The molecule has 0 fully saturated rings. The number of fused-ring (bicyclic) bond motifs is 2. The smallest absolute Gasteiger partial charge is 0.269 e. The van der Waals surface area contributed by atoms with Crippen LogP contribution in [-0.2, 0) is 34.7 Å². The molecule has 0 radical (unpaired) electrons. The van der Waals surface area contributed by atoms with E-state index in [-0.39, 0.29) is 48.7 Å². The minimum Gasteiger partial charge on any atom is -0.399 e. The molecule has 2 heterocycles. The second-order valence-corrected chi connectivity index (χ2v) is 12.6. The van der Waals surface area contributed by atoms with Gasteiger partial charge in [-0.2, -0.15) is 0 Å². The predicted octanol–water partition coefficient (Wildman–Crippen LogP) is 4.69. The fourth-order valence-electron chi connectivity index (χ4n) is 6.59. The lowest BCUT2D eigenvalue weighted by Gasteiger charge is -2.36. The lowest BCUT2D eigenvalue weighted by Crippen LogP contribution is -2.46. The Hall–Kier alpha value is -5.85. The van der Waals surface area contributed by atoms with Crippen LogP contribution in [0.2, 0.25) is 0 Å².